The van der Waals surface area contributed by atoms with Crippen molar-refractivity contribution in [2.75, 3.05) is 25.0 Å². The van der Waals surface area contributed by atoms with Crippen molar-refractivity contribution in [2.24, 2.45) is 0 Å². The summed E-state index contributed by atoms with van der Waals surface area (Å²) in [4.78, 5) is 17.2. The average molecular weight is 604 g/mol. The normalized spacial score (nSPS) is 11.9. The molecule has 0 saturated carbocycles. The van der Waals surface area contributed by atoms with Gasteiger partial charge in [0.15, 0.2) is 0 Å². The summed E-state index contributed by atoms with van der Waals surface area (Å²) < 4.78 is 0. The van der Waals surface area contributed by atoms with E-state index in [1.54, 1.807) is 0 Å². The van der Waals surface area contributed by atoms with E-state index in [1.165, 1.54) is 96.4 Å². The highest BCUT2D eigenvalue weighted by atomic mass is 35.5. The number of nitrogens with one attached hydrogen (secondary N) is 1. The minimum atomic E-state index is -0.653. The molecule has 0 aliphatic carbocycles. The lowest BCUT2D eigenvalue weighted by molar-refractivity contribution is -0.137. The summed E-state index contributed by atoms with van der Waals surface area (Å²) >= 11 is 6.04. The van der Waals surface area contributed by atoms with E-state index in [0.717, 1.165) is 54.0 Å². The van der Waals surface area contributed by atoms with Gasteiger partial charge in [0.2, 0.25) is 0 Å². The molecule has 0 bridgehead atoms. The van der Waals surface area contributed by atoms with E-state index in [1.807, 2.05) is 30.5 Å². The fraction of sp³-hybridized carbons (Fsp3) is 0.722. The number of aromatic nitrogens is 1. The number of rotatable bonds is 24. The Labute approximate surface area is 263 Å². The van der Waals surface area contributed by atoms with E-state index >= 15 is 0 Å². The van der Waals surface area contributed by atoms with Crippen LogP contribution in [0.2, 0.25) is 5.02 Å². The first-order chi connectivity index (χ1) is 20.4. The van der Waals surface area contributed by atoms with Crippen molar-refractivity contribution in [3.63, 3.8) is 0 Å². The second-order valence-corrected chi connectivity index (χ2v) is 12.3. The Balaban J connectivity index is 0.000000423. The number of anilines is 1. The highest BCUT2D eigenvalue weighted by Crippen LogP contribution is 2.25. The molecular weight excluding hydrogens is 542 g/mol. The summed E-state index contributed by atoms with van der Waals surface area (Å²) in [7, 11) is 0. The third-order valence-corrected chi connectivity index (χ3v) is 8.34. The number of halogens is 1. The third-order valence-electron chi connectivity index (χ3n) is 8.11. The Morgan fingerprint density at radius 3 is 1.90 bits per heavy atom. The number of benzene rings is 1. The molecule has 0 aliphatic rings. The fourth-order valence-electron chi connectivity index (χ4n) is 5.39. The van der Waals surface area contributed by atoms with Crippen molar-refractivity contribution in [2.45, 2.75) is 149 Å². The minimum absolute atomic E-state index is 0.345. The number of aliphatic carboxylic acids is 1. The van der Waals surface area contributed by atoms with Crippen LogP contribution in [0.3, 0.4) is 0 Å². The van der Waals surface area contributed by atoms with Gasteiger partial charge >= 0.3 is 5.97 Å². The van der Waals surface area contributed by atoms with Gasteiger partial charge in [0.1, 0.15) is 0 Å². The lowest BCUT2D eigenvalue weighted by Gasteiger charge is -2.20. The molecule has 0 aliphatic heterocycles. The van der Waals surface area contributed by atoms with Gasteiger partial charge in [0.05, 0.1) is 5.52 Å². The quantitative estimate of drug-likeness (QED) is 0.117. The predicted octanol–water partition coefficient (Wildman–Crippen LogP) is 11.1. The van der Waals surface area contributed by atoms with Crippen LogP contribution in [0, 0.1) is 0 Å². The molecule has 1 aromatic carbocycles. The van der Waals surface area contributed by atoms with Crippen LogP contribution in [0.5, 0.6) is 0 Å². The van der Waals surface area contributed by atoms with E-state index in [4.69, 9.17) is 16.7 Å². The number of carboxylic acids is 1. The fourth-order valence-corrected chi connectivity index (χ4v) is 5.56. The van der Waals surface area contributed by atoms with Crippen LogP contribution in [-0.4, -0.2) is 46.6 Å². The number of carbonyl (C=O) groups is 1. The Kier molecular flexibility index (Phi) is 23.3. The highest BCUT2D eigenvalue weighted by Gasteiger charge is 2.08. The number of pyridine rings is 1. The second kappa shape index (κ2) is 25.6. The Morgan fingerprint density at radius 2 is 1.38 bits per heavy atom. The zero-order valence-electron chi connectivity index (χ0n) is 27.4. The number of hydrogen-bond donors (Lipinski definition) is 2. The number of unbranched alkanes of at least 4 members (excludes halogenated alkanes) is 14. The molecule has 5 nitrogen and oxygen atoms in total. The van der Waals surface area contributed by atoms with Crippen molar-refractivity contribution in [3.8, 4) is 0 Å². The summed E-state index contributed by atoms with van der Waals surface area (Å²) in [5, 5.41) is 14.0. The zero-order chi connectivity index (χ0) is 30.8. The minimum Gasteiger partial charge on any atom is -0.481 e. The monoisotopic (exact) mass is 603 g/mol. The molecule has 2 N–H and O–H groups in total. The summed E-state index contributed by atoms with van der Waals surface area (Å²) in [6.07, 6.45) is 24.4. The molecule has 0 saturated heterocycles. The van der Waals surface area contributed by atoms with Crippen molar-refractivity contribution in [1.29, 1.82) is 0 Å². The molecule has 0 amide bonds. The molecule has 0 fully saturated rings. The Morgan fingerprint density at radius 1 is 0.833 bits per heavy atom. The van der Waals surface area contributed by atoms with E-state index in [0.29, 0.717) is 12.5 Å². The standard InChI is InChI=1S/C18H26ClN3.C18H36O2/c1-4-22(5-2)12-6-7-14(3)21-17-10-11-20-18-13-15(19)8-9-16(17)18;1-2-3-4-5-6-7-8-9-10-11-12-13-14-15-16-17-18(19)20/h8-11,13-14H,4-7,12H2,1-3H3,(H,20,21);2-17H2,1H3,(H,19,20). The maximum absolute atomic E-state index is 10.3. The van der Waals surface area contributed by atoms with Crippen molar-refractivity contribution >= 4 is 34.2 Å². The van der Waals surface area contributed by atoms with Crippen LogP contribution in [-0.2, 0) is 4.79 Å². The molecular formula is C36H62ClN3O2. The first-order valence-electron chi connectivity index (χ1n) is 17.2. The number of carboxylic acid groups (broad SMARTS) is 1. The van der Waals surface area contributed by atoms with Gasteiger partial charge in [-0.2, -0.15) is 0 Å². The van der Waals surface area contributed by atoms with Gasteiger partial charge in [-0.3, -0.25) is 9.78 Å². The SMILES string of the molecule is CCCCCCCCCCCCCCCCCC(=O)O.CCN(CC)CCCC(C)Nc1ccnc2cc(Cl)ccc12. The van der Waals surface area contributed by atoms with Crippen molar-refractivity contribution < 1.29 is 9.90 Å². The van der Waals surface area contributed by atoms with E-state index in [-0.39, 0.29) is 0 Å². The average Bonchev–Trinajstić information content (AvgIpc) is 2.97. The Hall–Kier alpha value is -1.85. The topological polar surface area (TPSA) is 65.5 Å². The molecule has 1 unspecified atom stereocenters. The maximum Gasteiger partial charge on any atom is 0.303 e. The van der Waals surface area contributed by atoms with Crippen LogP contribution in [0.1, 0.15) is 143 Å². The molecule has 6 heteroatoms. The molecule has 240 valence electrons. The largest absolute Gasteiger partial charge is 0.481 e. The molecule has 1 heterocycles. The zero-order valence-corrected chi connectivity index (χ0v) is 28.2. The molecule has 1 atom stereocenters. The van der Waals surface area contributed by atoms with E-state index in [2.05, 4.69) is 42.9 Å². The first kappa shape index (κ1) is 38.2. The summed E-state index contributed by atoms with van der Waals surface area (Å²) in [6, 6.07) is 8.35. The molecule has 2 rings (SSSR count). The van der Waals surface area contributed by atoms with Crippen molar-refractivity contribution in [3.05, 3.63) is 35.5 Å². The second-order valence-electron chi connectivity index (χ2n) is 11.8. The number of hydrogen-bond acceptors (Lipinski definition) is 4. The smallest absolute Gasteiger partial charge is 0.303 e. The summed E-state index contributed by atoms with van der Waals surface area (Å²) in [5.41, 5.74) is 2.07. The van der Waals surface area contributed by atoms with Gasteiger partial charge in [-0.1, -0.05) is 122 Å². The van der Waals surface area contributed by atoms with Crippen LogP contribution < -0.4 is 5.32 Å². The molecule has 0 spiro atoms. The number of nitrogens with zero attached hydrogens (tertiary/aromatic N) is 2. The molecule has 42 heavy (non-hydrogen) atoms. The van der Waals surface area contributed by atoms with Gasteiger partial charge in [-0.15, -0.1) is 0 Å². The lowest BCUT2D eigenvalue weighted by atomic mass is 10.0. The summed E-state index contributed by atoms with van der Waals surface area (Å²) in [6.45, 7) is 12.4. The highest BCUT2D eigenvalue weighted by molar-refractivity contribution is 6.31. The molecule has 1 aromatic heterocycles. The number of fused-ring (bicyclic) bond motifs is 1. The van der Waals surface area contributed by atoms with Gasteiger partial charge < -0.3 is 15.3 Å². The van der Waals surface area contributed by atoms with Gasteiger partial charge in [-0.05, 0) is 70.1 Å². The predicted molar refractivity (Wildman–Crippen MR) is 184 cm³/mol. The van der Waals surface area contributed by atoms with E-state index in [9.17, 15) is 4.79 Å². The van der Waals surface area contributed by atoms with Crippen molar-refractivity contribution in [1.82, 2.24) is 9.88 Å². The van der Waals surface area contributed by atoms with Crippen LogP contribution in [0.25, 0.3) is 10.9 Å². The molecule has 2 aromatic rings. The van der Waals surface area contributed by atoms with Gasteiger partial charge in [-0.25, -0.2) is 0 Å². The van der Waals surface area contributed by atoms with Crippen LogP contribution in [0.15, 0.2) is 30.5 Å². The Bertz CT molecular complexity index is 935. The first-order valence-corrected chi connectivity index (χ1v) is 17.5. The molecule has 0 radical (unpaired) electrons. The van der Waals surface area contributed by atoms with Gasteiger partial charge in [0, 0.05) is 34.8 Å². The van der Waals surface area contributed by atoms with Gasteiger partial charge in [0.25, 0.3) is 0 Å². The van der Waals surface area contributed by atoms with Crippen LogP contribution >= 0.6 is 11.6 Å². The lowest BCUT2D eigenvalue weighted by Crippen LogP contribution is -2.25. The summed E-state index contributed by atoms with van der Waals surface area (Å²) in [5.74, 6) is -0.653. The van der Waals surface area contributed by atoms with Crippen LogP contribution in [0.4, 0.5) is 5.69 Å². The third kappa shape index (κ3) is 19.4. The van der Waals surface area contributed by atoms with E-state index < -0.39 is 5.97 Å². The maximum atomic E-state index is 10.3.